The van der Waals surface area contributed by atoms with Crippen LogP contribution in [0.25, 0.3) is 0 Å². The fraction of sp³-hybridized carbons (Fsp3) is 0.536. The summed E-state index contributed by atoms with van der Waals surface area (Å²) in [5.74, 6) is 0.797. The van der Waals surface area contributed by atoms with Crippen molar-refractivity contribution in [3.8, 4) is 6.07 Å². The Labute approximate surface area is 195 Å². The van der Waals surface area contributed by atoms with Crippen LogP contribution in [-0.4, -0.2) is 17.0 Å². The number of carbonyl (C=O) groups is 2. The molecule has 0 bridgehead atoms. The molecule has 2 saturated carbocycles. The molecule has 5 rings (SSSR count). The highest BCUT2D eigenvalue weighted by molar-refractivity contribution is 5.94. The Morgan fingerprint density at radius 2 is 1.91 bits per heavy atom. The normalized spacial score (nSPS) is 36.9. The summed E-state index contributed by atoms with van der Waals surface area (Å²) in [4.78, 5) is 24.9. The predicted octanol–water partition coefficient (Wildman–Crippen LogP) is 5.70. The number of carboxylic acids is 1. The molecule has 5 heteroatoms. The molecule has 1 aromatic rings. The monoisotopic (exact) mass is 444 g/mol. The number of allylic oxidation sites excluding steroid dienone is 3. The number of amides is 1. The number of benzene rings is 1. The Morgan fingerprint density at radius 1 is 1.12 bits per heavy atom. The molecule has 0 aromatic heterocycles. The number of hydrogen-bond donors (Lipinski definition) is 2. The first-order chi connectivity index (χ1) is 15.8. The molecule has 1 aromatic carbocycles. The quantitative estimate of drug-likeness (QED) is 0.626. The Bertz CT molecular complexity index is 1110. The van der Waals surface area contributed by atoms with Gasteiger partial charge in [0.15, 0.2) is 0 Å². The van der Waals surface area contributed by atoms with Gasteiger partial charge in [0.25, 0.3) is 0 Å². The third-order valence-corrected chi connectivity index (χ3v) is 9.66. The van der Waals surface area contributed by atoms with Crippen molar-refractivity contribution in [3.05, 3.63) is 53.1 Å². The number of carbonyl (C=O) groups excluding carboxylic acids is 1. The molecule has 2 fully saturated rings. The highest BCUT2D eigenvalue weighted by atomic mass is 16.4. The van der Waals surface area contributed by atoms with Gasteiger partial charge in [0, 0.05) is 11.5 Å². The standard InChI is InChI=1S/C28H32N2O3/c1-27-13-11-17(26(32)33)15-19(27)7-8-20-21-9-10-23(28(21,2)14-12-22(20)27)25(31)30-24-6-4-3-5-18(24)16-29/h3-7,15,20-23H,8-14H2,1-2H3,(H,30,31)(H,32,33)/t20?,21?,22?,23-,27+,28+/m1/s1. The first kappa shape index (κ1) is 21.9. The smallest absolute Gasteiger partial charge is 0.331 e. The van der Waals surface area contributed by atoms with Crippen molar-refractivity contribution in [1.82, 2.24) is 0 Å². The van der Waals surface area contributed by atoms with E-state index in [9.17, 15) is 20.0 Å². The minimum absolute atomic E-state index is 0.0364. The van der Waals surface area contributed by atoms with Crippen LogP contribution in [0.3, 0.4) is 0 Å². The van der Waals surface area contributed by atoms with E-state index in [1.807, 2.05) is 18.2 Å². The van der Waals surface area contributed by atoms with Crippen molar-refractivity contribution in [2.24, 2.45) is 34.5 Å². The lowest BCUT2D eigenvalue weighted by atomic mass is 9.48. The van der Waals surface area contributed by atoms with Crippen molar-refractivity contribution in [1.29, 1.82) is 5.26 Å². The minimum Gasteiger partial charge on any atom is -0.478 e. The Balaban J connectivity index is 1.39. The molecule has 0 aliphatic heterocycles. The molecule has 2 N–H and O–H groups in total. The van der Waals surface area contributed by atoms with E-state index < -0.39 is 5.97 Å². The molecule has 6 atom stereocenters. The zero-order valence-corrected chi connectivity index (χ0v) is 19.4. The third-order valence-electron chi connectivity index (χ3n) is 9.66. The molecular weight excluding hydrogens is 412 g/mol. The van der Waals surface area contributed by atoms with Crippen LogP contribution >= 0.6 is 0 Å². The summed E-state index contributed by atoms with van der Waals surface area (Å²) >= 11 is 0. The lowest BCUT2D eigenvalue weighted by Crippen LogP contribution is -2.50. The second kappa shape index (κ2) is 7.87. The molecule has 5 nitrogen and oxygen atoms in total. The zero-order valence-electron chi connectivity index (χ0n) is 19.4. The minimum atomic E-state index is -0.793. The van der Waals surface area contributed by atoms with Crippen LogP contribution in [0, 0.1) is 45.8 Å². The number of nitrogens with zero attached hydrogens (tertiary/aromatic N) is 1. The maximum Gasteiger partial charge on any atom is 0.331 e. The molecule has 3 unspecified atom stereocenters. The first-order valence-electron chi connectivity index (χ1n) is 12.2. The van der Waals surface area contributed by atoms with Crippen molar-refractivity contribution in [3.63, 3.8) is 0 Å². The van der Waals surface area contributed by atoms with Gasteiger partial charge in [-0.1, -0.05) is 32.1 Å². The van der Waals surface area contributed by atoms with E-state index in [1.54, 1.807) is 12.1 Å². The van der Waals surface area contributed by atoms with Crippen molar-refractivity contribution in [2.45, 2.75) is 58.8 Å². The number of nitriles is 1. The number of hydrogen-bond acceptors (Lipinski definition) is 3. The van der Waals surface area contributed by atoms with E-state index in [2.05, 4.69) is 31.3 Å². The average molecular weight is 445 g/mol. The summed E-state index contributed by atoms with van der Waals surface area (Å²) in [6.07, 6.45) is 10.8. The van der Waals surface area contributed by atoms with Crippen LogP contribution in [0.2, 0.25) is 0 Å². The van der Waals surface area contributed by atoms with Gasteiger partial charge in [-0.05, 0) is 97.3 Å². The number of anilines is 1. The summed E-state index contributed by atoms with van der Waals surface area (Å²) in [7, 11) is 0. The molecular formula is C28H32N2O3. The van der Waals surface area contributed by atoms with Crippen LogP contribution < -0.4 is 5.32 Å². The molecule has 0 spiro atoms. The average Bonchev–Trinajstić information content (AvgIpc) is 3.16. The summed E-state index contributed by atoms with van der Waals surface area (Å²) in [5.41, 5.74) is 2.86. The van der Waals surface area contributed by atoms with Gasteiger partial charge in [-0.3, -0.25) is 4.79 Å². The van der Waals surface area contributed by atoms with Crippen LogP contribution in [0.15, 0.2) is 47.6 Å². The van der Waals surface area contributed by atoms with E-state index in [1.165, 1.54) is 5.57 Å². The number of fused-ring (bicyclic) bond motifs is 5. The molecule has 0 radical (unpaired) electrons. The van der Waals surface area contributed by atoms with Crippen LogP contribution in [0.4, 0.5) is 5.69 Å². The summed E-state index contributed by atoms with van der Waals surface area (Å²) in [6, 6.07) is 9.38. The molecule has 4 aliphatic rings. The summed E-state index contributed by atoms with van der Waals surface area (Å²) < 4.78 is 0. The lowest BCUT2D eigenvalue weighted by molar-refractivity contribution is -0.133. The van der Waals surface area contributed by atoms with Crippen molar-refractivity contribution < 1.29 is 14.7 Å². The number of carboxylic acid groups (broad SMARTS) is 1. The molecule has 4 aliphatic carbocycles. The zero-order chi connectivity index (χ0) is 23.4. The number of nitrogens with one attached hydrogen (secondary N) is 1. The first-order valence-corrected chi connectivity index (χ1v) is 12.2. The maximum atomic E-state index is 13.4. The lowest BCUT2D eigenvalue weighted by Gasteiger charge is -2.56. The maximum absolute atomic E-state index is 13.4. The topological polar surface area (TPSA) is 90.2 Å². The third kappa shape index (κ3) is 3.34. The van der Waals surface area contributed by atoms with E-state index in [4.69, 9.17) is 0 Å². The Morgan fingerprint density at radius 3 is 2.67 bits per heavy atom. The number of rotatable bonds is 3. The highest BCUT2D eigenvalue weighted by Gasteiger charge is 2.59. The molecule has 0 saturated heterocycles. The Hall–Kier alpha value is -2.87. The van der Waals surface area contributed by atoms with Crippen molar-refractivity contribution >= 4 is 17.6 Å². The molecule has 1 amide bonds. The van der Waals surface area contributed by atoms with Gasteiger partial charge < -0.3 is 10.4 Å². The van der Waals surface area contributed by atoms with Crippen LogP contribution in [-0.2, 0) is 9.59 Å². The van der Waals surface area contributed by atoms with E-state index >= 15 is 0 Å². The fourth-order valence-electron chi connectivity index (χ4n) is 7.83. The van der Waals surface area contributed by atoms with E-state index in [0.29, 0.717) is 41.0 Å². The largest absolute Gasteiger partial charge is 0.478 e. The van der Waals surface area contributed by atoms with Gasteiger partial charge in [-0.15, -0.1) is 0 Å². The van der Waals surface area contributed by atoms with Gasteiger partial charge in [-0.2, -0.15) is 5.26 Å². The van der Waals surface area contributed by atoms with Gasteiger partial charge in [0.2, 0.25) is 5.91 Å². The van der Waals surface area contributed by atoms with Gasteiger partial charge >= 0.3 is 5.97 Å². The highest BCUT2D eigenvalue weighted by Crippen LogP contribution is 2.66. The second-order valence-corrected chi connectivity index (χ2v) is 11.0. The molecule has 0 heterocycles. The number of para-hydroxylation sites is 1. The van der Waals surface area contributed by atoms with Crippen LogP contribution in [0.5, 0.6) is 0 Å². The van der Waals surface area contributed by atoms with E-state index in [-0.39, 0.29) is 22.7 Å². The van der Waals surface area contributed by atoms with Gasteiger partial charge in [-0.25, -0.2) is 4.79 Å². The van der Waals surface area contributed by atoms with Gasteiger partial charge in [0.05, 0.1) is 11.3 Å². The van der Waals surface area contributed by atoms with Crippen molar-refractivity contribution in [2.75, 3.05) is 5.32 Å². The summed E-state index contributed by atoms with van der Waals surface area (Å²) in [6.45, 7) is 4.65. The second-order valence-electron chi connectivity index (χ2n) is 11.0. The molecule has 172 valence electrons. The van der Waals surface area contributed by atoms with Gasteiger partial charge in [0.1, 0.15) is 6.07 Å². The fourth-order valence-corrected chi connectivity index (χ4v) is 7.83. The number of aliphatic carboxylic acids is 1. The summed E-state index contributed by atoms with van der Waals surface area (Å²) in [5, 5.41) is 21.9. The SMILES string of the molecule is C[C@]12CCC(C(=O)O)=CC1=CCC1C2CC[C@@]2(C)C1CC[C@@H]2C(=O)Nc1ccccc1C#N. The van der Waals surface area contributed by atoms with E-state index in [0.717, 1.165) is 38.5 Å². The predicted molar refractivity (Wildman–Crippen MR) is 126 cm³/mol. The van der Waals surface area contributed by atoms with Crippen LogP contribution in [0.1, 0.15) is 64.4 Å². The molecule has 33 heavy (non-hydrogen) atoms. The Kier molecular flexibility index (Phi) is 5.23.